The highest BCUT2D eigenvalue weighted by molar-refractivity contribution is 5.44. The van der Waals surface area contributed by atoms with Gasteiger partial charge in [0.25, 0.3) is 5.92 Å². The molecule has 0 aliphatic heterocycles. The van der Waals surface area contributed by atoms with Gasteiger partial charge in [-0.1, -0.05) is 17.7 Å². The van der Waals surface area contributed by atoms with E-state index in [4.69, 9.17) is 0 Å². The Bertz CT molecular complexity index is 353. The van der Waals surface area contributed by atoms with Crippen molar-refractivity contribution in [3.63, 3.8) is 0 Å². The number of fused-ring (bicyclic) bond motifs is 1. The minimum atomic E-state index is -2.59. The molecule has 0 aromatic heterocycles. The summed E-state index contributed by atoms with van der Waals surface area (Å²) in [5.41, 5.74) is 2.92. The van der Waals surface area contributed by atoms with Crippen LogP contribution in [0.3, 0.4) is 0 Å². The van der Waals surface area contributed by atoms with Crippen molar-refractivity contribution in [1.82, 2.24) is 0 Å². The molecule has 0 fully saturated rings. The molecular formula is C11H12F2. The quantitative estimate of drug-likeness (QED) is 0.577. The summed E-state index contributed by atoms with van der Waals surface area (Å²) in [5, 5.41) is 0. The van der Waals surface area contributed by atoms with E-state index in [-0.39, 0.29) is 12.0 Å². The number of hydrogen-bond acceptors (Lipinski definition) is 0. The zero-order valence-corrected chi connectivity index (χ0v) is 7.82. The molecule has 0 N–H and O–H groups in total. The van der Waals surface area contributed by atoms with Gasteiger partial charge in [-0.2, -0.15) is 0 Å². The van der Waals surface area contributed by atoms with Crippen LogP contribution in [-0.2, 0) is 12.3 Å². The molecule has 13 heavy (non-hydrogen) atoms. The molecule has 0 atom stereocenters. The average molecular weight is 182 g/mol. The third-order valence-electron chi connectivity index (χ3n) is 2.64. The van der Waals surface area contributed by atoms with Gasteiger partial charge in [-0.3, -0.25) is 0 Å². The summed E-state index contributed by atoms with van der Waals surface area (Å²) in [4.78, 5) is 0. The van der Waals surface area contributed by atoms with Crippen molar-refractivity contribution >= 4 is 0 Å². The zero-order valence-electron chi connectivity index (χ0n) is 7.82. The van der Waals surface area contributed by atoms with Crippen LogP contribution in [-0.4, -0.2) is 0 Å². The topological polar surface area (TPSA) is 0 Å². The van der Waals surface area contributed by atoms with E-state index in [2.05, 4.69) is 0 Å². The summed E-state index contributed by atoms with van der Waals surface area (Å²) < 4.78 is 26.7. The molecule has 0 radical (unpaired) electrons. The number of rotatable bonds is 0. The Morgan fingerprint density at radius 2 is 1.92 bits per heavy atom. The fourth-order valence-electron chi connectivity index (χ4n) is 2.19. The Morgan fingerprint density at radius 3 is 2.62 bits per heavy atom. The van der Waals surface area contributed by atoms with Crippen molar-refractivity contribution in [2.24, 2.45) is 0 Å². The summed E-state index contributed by atoms with van der Waals surface area (Å²) >= 11 is 0. The fourth-order valence-corrected chi connectivity index (χ4v) is 2.19. The normalized spacial score (nSPS) is 18.8. The van der Waals surface area contributed by atoms with Crippen LogP contribution in [0.25, 0.3) is 0 Å². The Morgan fingerprint density at radius 1 is 1.23 bits per heavy atom. The highest BCUT2D eigenvalue weighted by Crippen LogP contribution is 2.43. The fraction of sp³-hybridized carbons (Fsp3) is 0.455. The van der Waals surface area contributed by atoms with Crippen molar-refractivity contribution in [2.45, 2.75) is 32.6 Å². The minimum absolute atomic E-state index is 0.0212. The second kappa shape index (κ2) is 2.53. The van der Waals surface area contributed by atoms with E-state index in [9.17, 15) is 8.78 Å². The maximum Gasteiger partial charge on any atom is 0.274 e. The molecule has 0 spiro atoms. The molecule has 1 aliphatic carbocycles. The highest BCUT2D eigenvalue weighted by atomic mass is 19.3. The van der Waals surface area contributed by atoms with Crippen LogP contribution in [0.1, 0.15) is 28.7 Å². The third kappa shape index (κ3) is 1.25. The Labute approximate surface area is 76.6 Å². The van der Waals surface area contributed by atoms with E-state index in [1.807, 2.05) is 19.1 Å². The van der Waals surface area contributed by atoms with Gasteiger partial charge in [0.05, 0.1) is 0 Å². The molecule has 1 aromatic rings. The first-order valence-corrected chi connectivity index (χ1v) is 4.49. The Hall–Kier alpha value is -0.920. The number of aryl methyl sites for hydroxylation is 3. The van der Waals surface area contributed by atoms with Crippen LogP contribution >= 0.6 is 0 Å². The SMILES string of the molecule is Cc1cc(C)c2c(c1)CCC2(F)F. The predicted octanol–water partition coefficient (Wildman–Crippen LogP) is 3.34. The minimum Gasteiger partial charge on any atom is -0.201 e. The van der Waals surface area contributed by atoms with Crippen LogP contribution < -0.4 is 0 Å². The molecule has 0 saturated heterocycles. The monoisotopic (exact) mass is 182 g/mol. The maximum absolute atomic E-state index is 13.3. The number of halogens is 2. The van der Waals surface area contributed by atoms with Gasteiger partial charge in [-0.05, 0) is 31.4 Å². The van der Waals surface area contributed by atoms with Crippen LogP contribution in [0, 0.1) is 13.8 Å². The average Bonchev–Trinajstić information content (AvgIpc) is 2.26. The second-order valence-electron chi connectivity index (χ2n) is 3.82. The van der Waals surface area contributed by atoms with Crippen LogP contribution in [0.5, 0.6) is 0 Å². The Balaban J connectivity index is 2.65. The largest absolute Gasteiger partial charge is 0.274 e. The van der Waals surface area contributed by atoms with Crippen molar-refractivity contribution in [1.29, 1.82) is 0 Å². The van der Waals surface area contributed by atoms with E-state index in [1.54, 1.807) is 6.92 Å². The van der Waals surface area contributed by atoms with Crippen molar-refractivity contribution in [3.05, 3.63) is 34.4 Å². The van der Waals surface area contributed by atoms with Gasteiger partial charge in [-0.15, -0.1) is 0 Å². The van der Waals surface area contributed by atoms with Gasteiger partial charge in [-0.25, -0.2) is 8.78 Å². The van der Waals surface area contributed by atoms with Crippen LogP contribution in [0.2, 0.25) is 0 Å². The lowest BCUT2D eigenvalue weighted by Crippen LogP contribution is -2.09. The number of benzene rings is 1. The van der Waals surface area contributed by atoms with Crippen LogP contribution in [0.4, 0.5) is 8.78 Å². The summed E-state index contributed by atoms with van der Waals surface area (Å²) in [6.45, 7) is 3.72. The molecule has 0 nitrogen and oxygen atoms in total. The third-order valence-corrected chi connectivity index (χ3v) is 2.64. The summed E-state index contributed by atoms with van der Waals surface area (Å²) in [6, 6.07) is 3.71. The lowest BCUT2D eigenvalue weighted by Gasteiger charge is -2.13. The van der Waals surface area contributed by atoms with Gasteiger partial charge >= 0.3 is 0 Å². The molecular weight excluding hydrogens is 170 g/mol. The molecule has 0 heterocycles. The predicted molar refractivity (Wildman–Crippen MR) is 48.1 cm³/mol. The molecule has 0 bridgehead atoms. The van der Waals surface area contributed by atoms with Gasteiger partial charge in [0.15, 0.2) is 0 Å². The second-order valence-corrected chi connectivity index (χ2v) is 3.82. The van der Waals surface area contributed by atoms with E-state index >= 15 is 0 Å². The molecule has 0 amide bonds. The molecule has 0 unspecified atom stereocenters. The first-order chi connectivity index (χ1) is 6.00. The molecule has 1 aromatic carbocycles. The van der Waals surface area contributed by atoms with Gasteiger partial charge in [0.1, 0.15) is 0 Å². The van der Waals surface area contributed by atoms with Crippen molar-refractivity contribution in [2.75, 3.05) is 0 Å². The highest BCUT2D eigenvalue weighted by Gasteiger charge is 2.40. The number of alkyl halides is 2. The summed E-state index contributed by atoms with van der Waals surface area (Å²) in [5.74, 6) is -2.59. The van der Waals surface area contributed by atoms with E-state index in [1.165, 1.54) is 0 Å². The van der Waals surface area contributed by atoms with Crippen molar-refractivity contribution < 1.29 is 8.78 Å². The van der Waals surface area contributed by atoms with Gasteiger partial charge in [0.2, 0.25) is 0 Å². The Kier molecular flexibility index (Phi) is 1.69. The number of hydrogen-bond donors (Lipinski definition) is 0. The lowest BCUT2D eigenvalue weighted by molar-refractivity contribution is -0.00239. The zero-order chi connectivity index (χ0) is 9.64. The van der Waals surface area contributed by atoms with E-state index < -0.39 is 5.92 Å². The summed E-state index contributed by atoms with van der Waals surface area (Å²) in [7, 11) is 0. The first kappa shape index (κ1) is 8.67. The maximum atomic E-state index is 13.3. The smallest absolute Gasteiger partial charge is 0.201 e. The summed E-state index contributed by atoms with van der Waals surface area (Å²) in [6.07, 6.45) is 0.498. The van der Waals surface area contributed by atoms with Crippen LogP contribution in [0.15, 0.2) is 12.1 Å². The van der Waals surface area contributed by atoms with Gasteiger partial charge in [0, 0.05) is 12.0 Å². The molecule has 0 saturated carbocycles. The first-order valence-electron chi connectivity index (χ1n) is 4.49. The molecule has 2 rings (SSSR count). The van der Waals surface area contributed by atoms with Gasteiger partial charge < -0.3 is 0 Å². The van der Waals surface area contributed by atoms with E-state index in [0.29, 0.717) is 6.42 Å². The van der Waals surface area contributed by atoms with E-state index in [0.717, 1.165) is 16.7 Å². The standard InChI is InChI=1S/C11H12F2/c1-7-5-8(2)10-9(6-7)3-4-11(10,12)13/h5-6H,3-4H2,1-2H3. The van der Waals surface area contributed by atoms with Crippen molar-refractivity contribution in [3.8, 4) is 0 Å². The molecule has 70 valence electrons. The lowest BCUT2D eigenvalue weighted by atomic mass is 10.00. The molecule has 1 aliphatic rings. The molecule has 2 heteroatoms.